The number of carbonyl (C=O) groups is 1. The van der Waals surface area contributed by atoms with E-state index in [1.165, 1.54) is 12.1 Å². The van der Waals surface area contributed by atoms with Crippen molar-refractivity contribution in [1.82, 2.24) is 14.9 Å². The van der Waals surface area contributed by atoms with Crippen LogP contribution < -0.4 is 0 Å². The predicted octanol–water partition coefficient (Wildman–Crippen LogP) is 3.50. The Balaban J connectivity index is 1.72. The smallest absolute Gasteiger partial charge is 0.257 e. The molecule has 1 amide bonds. The molecule has 0 fully saturated rings. The van der Waals surface area contributed by atoms with Crippen LogP contribution in [0.4, 0.5) is 4.39 Å². The third-order valence-electron chi connectivity index (χ3n) is 4.70. The highest BCUT2D eigenvalue weighted by molar-refractivity contribution is 5.94. The SMILES string of the molecule is Cc1nc2c(c(-c3ccc(O)cc3)n1)CN(C(=O)c1ccccc1F)CC2. The summed E-state index contributed by atoms with van der Waals surface area (Å²) in [4.78, 5) is 23.5. The lowest BCUT2D eigenvalue weighted by atomic mass is 9.98. The van der Waals surface area contributed by atoms with Crippen LogP contribution in [0.25, 0.3) is 11.3 Å². The van der Waals surface area contributed by atoms with Crippen LogP contribution in [0.2, 0.25) is 0 Å². The maximum Gasteiger partial charge on any atom is 0.257 e. The molecule has 5 nitrogen and oxygen atoms in total. The molecule has 6 heteroatoms. The second-order valence-electron chi connectivity index (χ2n) is 6.55. The van der Waals surface area contributed by atoms with E-state index in [2.05, 4.69) is 9.97 Å². The lowest BCUT2D eigenvalue weighted by Crippen LogP contribution is -2.37. The lowest BCUT2D eigenvalue weighted by molar-refractivity contribution is 0.0729. The van der Waals surface area contributed by atoms with Crippen molar-refractivity contribution in [2.45, 2.75) is 19.9 Å². The van der Waals surface area contributed by atoms with Crippen LogP contribution in [-0.4, -0.2) is 32.4 Å². The van der Waals surface area contributed by atoms with E-state index < -0.39 is 5.82 Å². The summed E-state index contributed by atoms with van der Waals surface area (Å²) in [7, 11) is 0. The molecular formula is C21H18FN3O2. The number of aromatic nitrogens is 2. The first-order valence-electron chi connectivity index (χ1n) is 8.72. The molecule has 1 aliphatic heterocycles. The van der Waals surface area contributed by atoms with Crippen LogP contribution in [0.1, 0.15) is 27.4 Å². The molecule has 1 aromatic heterocycles. The van der Waals surface area contributed by atoms with Crippen LogP contribution in [0.3, 0.4) is 0 Å². The number of aryl methyl sites for hydroxylation is 1. The van der Waals surface area contributed by atoms with Crippen LogP contribution in [0, 0.1) is 12.7 Å². The first-order chi connectivity index (χ1) is 13.0. The van der Waals surface area contributed by atoms with Gasteiger partial charge in [-0.15, -0.1) is 0 Å². The van der Waals surface area contributed by atoms with Gasteiger partial charge in [-0.2, -0.15) is 0 Å². The number of nitrogens with zero attached hydrogens (tertiary/aromatic N) is 3. The van der Waals surface area contributed by atoms with Gasteiger partial charge in [-0.1, -0.05) is 12.1 Å². The summed E-state index contributed by atoms with van der Waals surface area (Å²) in [6, 6.07) is 12.8. The lowest BCUT2D eigenvalue weighted by Gasteiger charge is -2.30. The molecule has 0 saturated carbocycles. The molecule has 4 rings (SSSR count). The molecule has 0 unspecified atom stereocenters. The van der Waals surface area contributed by atoms with Crippen molar-refractivity contribution in [3.05, 3.63) is 77.0 Å². The molecule has 27 heavy (non-hydrogen) atoms. The molecule has 1 N–H and O–H groups in total. The zero-order chi connectivity index (χ0) is 19.0. The van der Waals surface area contributed by atoms with Crippen LogP contribution in [0.15, 0.2) is 48.5 Å². The number of phenolic OH excluding ortho intramolecular Hbond substituents is 1. The average molecular weight is 363 g/mol. The largest absolute Gasteiger partial charge is 0.508 e. The molecule has 0 saturated heterocycles. The summed E-state index contributed by atoms with van der Waals surface area (Å²) in [5.74, 6) is -0.0244. The fraction of sp³-hybridized carbons (Fsp3) is 0.190. The standard InChI is InChI=1S/C21H18FN3O2/c1-13-23-19-10-11-25(21(27)16-4-2-3-5-18(16)22)12-17(19)20(24-13)14-6-8-15(26)9-7-14/h2-9,26H,10-12H2,1H3. The molecule has 0 aliphatic carbocycles. The molecule has 0 spiro atoms. The monoisotopic (exact) mass is 363 g/mol. The summed E-state index contributed by atoms with van der Waals surface area (Å²) in [6.45, 7) is 2.63. The third-order valence-corrected chi connectivity index (χ3v) is 4.70. The fourth-order valence-corrected chi connectivity index (χ4v) is 3.37. The van der Waals surface area contributed by atoms with Crippen LogP contribution in [0.5, 0.6) is 5.75 Å². The second kappa shape index (κ2) is 6.79. The number of aromatic hydroxyl groups is 1. The van der Waals surface area contributed by atoms with Crippen LogP contribution >= 0.6 is 0 Å². The van der Waals surface area contributed by atoms with Crippen molar-refractivity contribution in [2.75, 3.05) is 6.54 Å². The van der Waals surface area contributed by atoms with E-state index >= 15 is 0 Å². The fourth-order valence-electron chi connectivity index (χ4n) is 3.37. The highest BCUT2D eigenvalue weighted by Crippen LogP contribution is 2.30. The van der Waals surface area contributed by atoms with Gasteiger partial charge in [-0.25, -0.2) is 14.4 Å². The summed E-state index contributed by atoms with van der Waals surface area (Å²) in [6.07, 6.45) is 0.587. The van der Waals surface area contributed by atoms with E-state index in [9.17, 15) is 14.3 Å². The minimum absolute atomic E-state index is 0.0696. The molecule has 0 atom stereocenters. The van der Waals surface area contributed by atoms with E-state index in [1.54, 1.807) is 41.3 Å². The normalized spacial score (nSPS) is 13.3. The Morgan fingerprint density at radius 1 is 1.11 bits per heavy atom. The minimum atomic E-state index is -0.521. The summed E-state index contributed by atoms with van der Waals surface area (Å²) in [5, 5.41) is 9.54. The minimum Gasteiger partial charge on any atom is -0.508 e. The van der Waals surface area contributed by atoms with Crippen molar-refractivity contribution < 1.29 is 14.3 Å². The number of amides is 1. The Labute approximate surface area is 156 Å². The van der Waals surface area contributed by atoms with Gasteiger partial charge in [-0.05, 0) is 43.3 Å². The molecule has 3 aromatic rings. The number of rotatable bonds is 2. The summed E-state index contributed by atoms with van der Waals surface area (Å²) < 4.78 is 14.0. The van der Waals surface area contributed by atoms with E-state index in [0.717, 1.165) is 22.5 Å². The van der Waals surface area contributed by atoms with Gasteiger partial charge >= 0.3 is 0 Å². The number of hydrogen-bond donors (Lipinski definition) is 1. The Hall–Kier alpha value is -3.28. The number of phenols is 1. The molecular weight excluding hydrogens is 345 g/mol. The molecule has 136 valence electrons. The van der Waals surface area contributed by atoms with Gasteiger partial charge in [-0.3, -0.25) is 4.79 Å². The third kappa shape index (κ3) is 3.26. The highest BCUT2D eigenvalue weighted by atomic mass is 19.1. The zero-order valence-electron chi connectivity index (χ0n) is 14.8. The Morgan fingerprint density at radius 3 is 2.59 bits per heavy atom. The first kappa shape index (κ1) is 17.1. The zero-order valence-corrected chi connectivity index (χ0v) is 14.8. The van der Waals surface area contributed by atoms with Crippen molar-refractivity contribution in [1.29, 1.82) is 0 Å². The summed E-state index contributed by atoms with van der Waals surface area (Å²) in [5.41, 5.74) is 3.42. The first-order valence-corrected chi connectivity index (χ1v) is 8.72. The molecule has 2 heterocycles. The summed E-state index contributed by atoms with van der Waals surface area (Å²) >= 11 is 0. The van der Waals surface area contributed by atoms with Crippen molar-refractivity contribution in [3.8, 4) is 17.0 Å². The van der Waals surface area contributed by atoms with Gasteiger partial charge < -0.3 is 10.0 Å². The van der Waals surface area contributed by atoms with Gasteiger partial charge in [0.25, 0.3) is 5.91 Å². The van der Waals surface area contributed by atoms with Gasteiger partial charge in [0.2, 0.25) is 0 Å². The number of hydrogen-bond acceptors (Lipinski definition) is 4. The quantitative estimate of drug-likeness (QED) is 0.757. The van der Waals surface area contributed by atoms with E-state index in [1.807, 2.05) is 6.92 Å². The average Bonchev–Trinajstić information content (AvgIpc) is 2.67. The predicted molar refractivity (Wildman–Crippen MR) is 98.7 cm³/mol. The van der Waals surface area contributed by atoms with Crippen LogP contribution in [-0.2, 0) is 13.0 Å². The van der Waals surface area contributed by atoms with Gasteiger partial charge in [0, 0.05) is 30.6 Å². The Bertz CT molecular complexity index is 1020. The van der Waals surface area contributed by atoms with Gasteiger partial charge in [0.05, 0.1) is 17.0 Å². The van der Waals surface area contributed by atoms with Gasteiger partial charge in [0.15, 0.2) is 0 Å². The Kier molecular flexibility index (Phi) is 4.32. The number of benzene rings is 2. The molecule has 0 bridgehead atoms. The maximum absolute atomic E-state index is 14.0. The van der Waals surface area contributed by atoms with Crippen molar-refractivity contribution in [2.24, 2.45) is 0 Å². The highest BCUT2D eigenvalue weighted by Gasteiger charge is 2.27. The second-order valence-corrected chi connectivity index (χ2v) is 6.55. The topological polar surface area (TPSA) is 66.3 Å². The molecule has 1 aliphatic rings. The van der Waals surface area contributed by atoms with Crippen molar-refractivity contribution >= 4 is 5.91 Å². The molecule has 0 radical (unpaired) electrons. The molecule has 2 aromatic carbocycles. The van der Waals surface area contributed by atoms with E-state index in [4.69, 9.17) is 0 Å². The number of carbonyl (C=O) groups excluding carboxylic acids is 1. The van der Waals surface area contributed by atoms with Gasteiger partial charge in [0.1, 0.15) is 17.4 Å². The Morgan fingerprint density at radius 2 is 1.85 bits per heavy atom. The van der Waals surface area contributed by atoms with Crippen molar-refractivity contribution in [3.63, 3.8) is 0 Å². The number of halogens is 1. The maximum atomic E-state index is 14.0. The van der Waals surface area contributed by atoms with E-state index in [-0.39, 0.29) is 17.2 Å². The number of fused-ring (bicyclic) bond motifs is 1. The van der Waals surface area contributed by atoms with E-state index in [0.29, 0.717) is 25.3 Å².